The highest BCUT2D eigenvalue weighted by Gasteiger charge is 2.30. The zero-order chi connectivity index (χ0) is 14.0. The van der Waals surface area contributed by atoms with E-state index in [9.17, 15) is 14.7 Å². The Kier molecular flexibility index (Phi) is 9.17. The van der Waals surface area contributed by atoms with Crippen molar-refractivity contribution >= 4 is 11.9 Å². The van der Waals surface area contributed by atoms with Gasteiger partial charge in [0.05, 0.1) is 32.5 Å². The number of carbonyl (C=O) groups is 2. The lowest BCUT2D eigenvalue weighted by Crippen LogP contribution is -2.31. The second-order valence-corrected chi connectivity index (χ2v) is 3.60. The number of carbonyl (C=O) groups excluding carboxylic acids is 1. The number of ether oxygens (including phenoxy) is 3. The Morgan fingerprint density at radius 1 is 1.28 bits per heavy atom. The fraction of sp³-hybridized carbons (Fsp3) is 0.818. The topological polar surface area (TPSA) is 102 Å². The molecule has 0 spiro atoms. The van der Waals surface area contributed by atoms with Gasteiger partial charge >= 0.3 is 11.9 Å². The molecule has 0 aromatic rings. The molecule has 0 aliphatic rings. The summed E-state index contributed by atoms with van der Waals surface area (Å²) in [6.07, 6.45) is -1.27. The van der Waals surface area contributed by atoms with Gasteiger partial charge in [-0.25, -0.2) is 0 Å². The van der Waals surface area contributed by atoms with E-state index in [1.807, 2.05) is 0 Å². The van der Waals surface area contributed by atoms with Crippen molar-refractivity contribution in [2.75, 3.05) is 33.5 Å². The van der Waals surface area contributed by atoms with Crippen LogP contribution < -0.4 is 0 Å². The zero-order valence-corrected chi connectivity index (χ0v) is 10.6. The summed E-state index contributed by atoms with van der Waals surface area (Å²) < 4.78 is 14.4. The number of hydrogen-bond acceptors (Lipinski definition) is 6. The first-order chi connectivity index (χ1) is 8.52. The highest BCUT2D eigenvalue weighted by molar-refractivity contribution is 5.93. The van der Waals surface area contributed by atoms with Crippen molar-refractivity contribution in [2.45, 2.75) is 19.4 Å². The molecule has 2 atom stereocenters. The monoisotopic (exact) mass is 264 g/mol. The predicted octanol–water partition coefficient (Wildman–Crippen LogP) is -0.336. The lowest BCUT2D eigenvalue weighted by Gasteiger charge is -2.15. The number of esters is 1. The van der Waals surface area contributed by atoms with E-state index in [0.29, 0.717) is 13.2 Å². The van der Waals surface area contributed by atoms with Crippen LogP contribution in [0.5, 0.6) is 0 Å². The first kappa shape index (κ1) is 16.8. The average Bonchev–Trinajstić information content (AvgIpc) is 2.31. The summed E-state index contributed by atoms with van der Waals surface area (Å²) in [5, 5.41) is 18.4. The van der Waals surface area contributed by atoms with Crippen LogP contribution in [0.25, 0.3) is 0 Å². The molecule has 0 aromatic carbocycles. The molecule has 0 rings (SSSR count). The first-order valence-electron chi connectivity index (χ1n) is 5.67. The minimum absolute atomic E-state index is 0.0491. The molecule has 7 heteroatoms. The number of methoxy groups -OCH3 is 1. The number of aliphatic carboxylic acids is 1. The molecule has 0 aliphatic carbocycles. The Balaban J connectivity index is 4.07. The molecule has 0 saturated carbocycles. The van der Waals surface area contributed by atoms with Crippen LogP contribution in [-0.2, 0) is 23.8 Å². The number of rotatable bonds is 10. The van der Waals surface area contributed by atoms with Crippen LogP contribution in [0.2, 0.25) is 0 Å². The fourth-order valence-electron chi connectivity index (χ4n) is 1.24. The molecule has 0 bridgehead atoms. The highest BCUT2D eigenvalue weighted by Crippen LogP contribution is 2.10. The molecule has 7 nitrogen and oxygen atoms in total. The van der Waals surface area contributed by atoms with Crippen molar-refractivity contribution in [3.63, 3.8) is 0 Å². The lowest BCUT2D eigenvalue weighted by molar-refractivity contribution is -0.160. The number of hydrogen-bond donors (Lipinski definition) is 2. The summed E-state index contributed by atoms with van der Waals surface area (Å²) >= 11 is 0. The van der Waals surface area contributed by atoms with Gasteiger partial charge in [-0.05, 0) is 13.3 Å². The Hall–Kier alpha value is -1.18. The van der Waals surface area contributed by atoms with E-state index < -0.39 is 24.0 Å². The average molecular weight is 264 g/mol. The summed E-state index contributed by atoms with van der Waals surface area (Å²) in [5.41, 5.74) is 0. The Labute approximate surface area is 106 Å². The first-order valence-corrected chi connectivity index (χ1v) is 5.67. The maximum atomic E-state index is 11.3. The van der Waals surface area contributed by atoms with Gasteiger partial charge in [-0.3, -0.25) is 9.59 Å². The molecule has 0 aromatic heterocycles. The maximum absolute atomic E-state index is 11.3. The number of aliphatic hydroxyl groups excluding tert-OH is 1. The quantitative estimate of drug-likeness (QED) is 0.316. The van der Waals surface area contributed by atoms with Crippen LogP contribution in [0.4, 0.5) is 0 Å². The summed E-state index contributed by atoms with van der Waals surface area (Å²) in [5.74, 6) is -3.53. The van der Waals surface area contributed by atoms with E-state index in [1.54, 1.807) is 6.92 Å². The van der Waals surface area contributed by atoms with Crippen molar-refractivity contribution in [1.82, 2.24) is 0 Å². The molecule has 0 aliphatic heterocycles. The van der Waals surface area contributed by atoms with Gasteiger partial charge in [0.2, 0.25) is 0 Å². The molecule has 0 fully saturated rings. The third kappa shape index (κ3) is 7.21. The lowest BCUT2D eigenvalue weighted by atomic mass is 10.0. The largest absolute Gasteiger partial charge is 0.481 e. The summed E-state index contributed by atoms with van der Waals surface area (Å²) in [6, 6.07) is 0. The van der Waals surface area contributed by atoms with Crippen LogP contribution in [0.1, 0.15) is 13.3 Å². The van der Waals surface area contributed by atoms with Crippen LogP contribution >= 0.6 is 0 Å². The van der Waals surface area contributed by atoms with E-state index in [2.05, 4.69) is 4.74 Å². The van der Waals surface area contributed by atoms with Crippen LogP contribution in [0.15, 0.2) is 0 Å². The zero-order valence-electron chi connectivity index (χ0n) is 10.6. The van der Waals surface area contributed by atoms with Crippen molar-refractivity contribution in [1.29, 1.82) is 0 Å². The third-order valence-electron chi connectivity index (χ3n) is 2.12. The van der Waals surface area contributed by atoms with Gasteiger partial charge in [0, 0.05) is 7.11 Å². The molecule has 106 valence electrons. The third-order valence-corrected chi connectivity index (χ3v) is 2.12. The molecule has 18 heavy (non-hydrogen) atoms. The smallest absolute Gasteiger partial charge is 0.320 e. The molecule has 0 radical (unpaired) electrons. The molecule has 0 amide bonds. The number of carboxylic acids is 1. The molecule has 2 unspecified atom stereocenters. The number of carboxylic acid groups (broad SMARTS) is 1. The molecule has 2 N–H and O–H groups in total. The number of aliphatic hydroxyl groups is 1. The van der Waals surface area contributed by atoms with E-state index in [4.69, 9.17) is 14.6 Å². The van der Waals surface area contributed by atoms with Gasteiger partial charge < -0.3 is 24.4 Å². The van der Waals surface area contributed by atoms with Crippen LogP contribution in [-0.4, -0.2) is 61.8 Å². The van der Waals surface area contributed by atoms with E-state index >= 15 is 0 Å². The maximum Gasteiger partial charge on any atom is 0.320 e. The minimum Gasteiger partial charge on any atom is -0.481 e. The van der Waals surface area contributed by atoms with Gasteiger partial charge in [-0.15, -0.1) is 0 Å². The Morgan fingerprint density at radius 3 is 2.44 bits per heavy atom. The molecule has 0 saturated heterocycles. The van der Waals surface area contributed by atoms with Gasteiger partial charge in [0.15, 0.2) is 5.92 Å². The minimum atomic E-state index is -1.37. The highest BCUT2D eigenvalue weighted by atomic mass is 16.5. The molecule has 0 heterocycles. The van der Waals surface area contributed by atoms with Gasteiger partial charge in [-0.1, -0.05) is 0 Å². The Morgan fingerprint density at radius 2 is 1.94 bits per heavy atom. The standard InChI is InChI=1S/C11H20O7/c1-3-18-11(15)9(10(13)14)6-8(12)7-17-5-4-16-2/h8-9,12H,3-7H2,1-2H3,(H,13,14). The van der Waals surface area contributed by atoms with E-state index in [-0.39, 0.29) is 19.6 Å². The second-order valence-electron chi connectivity index (χ2n) is 3.60. The van der Waals surface area contributed by atoms with Crippen molar-refractivity contribution in [2.24, 2.45) is 5.92 Å². The summed E-state index contributed by atoms with van der Waals surface area (Å²) in [6.45, 7) is 2.31. The second kappa shape index (κ2) is 9.81. The van der Waals surface area contributed by atoms with Crippen LogP contribution in [0, 0.1) is 5.92 Å². The summed E-state index contributed by atoms with van der Waals surface area (Å²) in [4.78, 5) is 22.2. The van der Waals surface area contributed by atoms with Crippen molar-refractivity contribution < 1.29 is 34.0 Å². The molecular formula is C11H20O7. The van der Waals surface area contributed by atoms with Gasteiger partial charge in [-0.2, -0.15) is 0 Å². The fourth-order valence-corrected chi connectivity index (χ4v) is 1.24. The normalized spacial score (nSPS) is 13.9. The van der Waals surface area contributed by atoms with Gasteiger partial charge in [0.25, 0.3) is 0 Å². The summed E-state index contributed by atoms with van der Waals surface area (Å²) in [7, 11) is 1.51. The van der Waals surface area contributed by atoms with Crippen LogP contribution in [0.3, 0.4) is 0 Å². The van der Waals surface area contributed by atoms with E-state index in [0.717, 1.165) is 0 Å². The Bertz CT molecular complexity index is 254. The van der Waals surface area contributed by atoms with Crippen molar-refractivity contribution in [3.05, 3.63) is 0 Å². The van der Waals surface area contributed by atoms with Gasteiger partial charge in [0.1, 0.15) is 0 Å². The van der Waals surface area contributed by atoms with E-state index in [1.165, 1.54) is 7.11 Å². The van der Waals surface area contributed by atoms with Crippen molar-refractivity contribution in [3.8, 4) is 0 Å². The predicted molar refractivity (Wildman–Crippen MR) is 61.1 cm³/mol. The molecular weight excluding hydrogens is 244 g/mol. The SMILES string of the molecule is CCOC(=O)C(CC(O)COCCOC)C(=O)O.